The smallest absolute Gasteiger partial charge is 0.407 e. The third-order valence-corrected chi connectivity index (χ3v) is 2.14. The number of aromatic hydroxyl groups is 1. The van der Waals surface area contributed by atoms with Gasteiger partial charge < -0.3 is 15.6 Å². The molecule has 7 heteroatoms. The van der Waals surface area contributed by atoms with Crippen molar-refractivity contribution in [3.63, 3.8) is 0 Å². The van der Waals surface area contributed by atoms with Crippen LogP contribution in [0.3, 0.4) is 0 Å². The quantitative estimate of drug-likeness (QED) is 0.783. The van der Waals surface area contributed by atoms with Crippen LogP contribution in [0.25, 0.3) is 0 Å². The summed E-state index contributed by atoms with van der Waals surface area (Å²) in [6.45, 7) is 0. The van der Waals surface area contributed by atoms with Crippen molar-refractivity contribution in [3.05, 3.63) is 29.3 Å². The second kappa shape index (κ2) is 4.62. The van der Waals surface area contributed by atoms with E-state index in [0.717, 1.165) is 25.3 Å². The molecule has 0 fully saturated rings. The second-order valence-electron chi connectivity index (χ2n) is 3.28. The van der Waals surface area contributed by atoms with Crippen LogP contribution in [0, 0.1) is 0 Å². The number of phenolic OH excluding ortho intramolecular Hbond substituents is 1. The summed E-state index contributed by atoms with van der Waals surface area (Å²) in [6, 6.07) is 0.618. The Labute approximate surface area is 94.8 Å². The number of alkyl halides is 3. The largest absolute Gasteiger partial charge is 0.508 e. The Hall–Kier alpha value is -1.76. The maximum absolute atomic E-state index is 12.4. The van der Waals surface area contributed by atoms with Crippen LogP contribution in [0.5, 0.6) is 5.75 Å². The molecule has 1 aromatic rings. The third-order valence-electron chi connectivity index (χ3n) is 2.14. The number of hydrogen-bond acceptors (Lipinski definition) is 4. The Kier molecular flexibility index (Phi) is 3.62. The van der Waals surface area contributed by atoms with E-state index in [1.807, 2.05) is 0 Å². The minimum atomic E-state index is -4.70. The predicted molar refractivity (Wildman–Crippen MR) is 52.4 cm³/mol. The third kappa shape index (κ3) is 2.88. The van der Waals surface area contributed by atoms with Crippen molar-refractivity contribution in [1.82, 2.24) is 0 Å². The summed E-state index contributed by atoms with van der Waals surface area (Å²) >= 11 is 0. The highest BCUT2D eigenvalue weighted by Gasteiger charge is 2.39. The standard InChI is InChI=1S/C10H10F3NO3/c1-17-9(16)5-2-3-7(15)6(4-5)8(14)10(11,12)13/h2-4,8,15H,14H2,1H3/t8-/m1/s1. The number of esters is 1. The van der Waals surface area contributed by atoms with Crippen molar-refractivity contribution >= 4 is 5.97 Å². The van der Waals surface area contributed by atoms with Crippen molar-refractivity contribution < 1.29 is 27.8 Å². The molecular formula is C10H10F3NO3. The number of nitrogens with two attached hydrogens (primary N) is 1. The molecule has 1 aromatic carbocycles. The number of hydrogen-bond donors (Lipinski definition) is 2. The number of methoxy groups -OCH3 is 1. The van der Waals surface area contributed by atoms with Crippen LogP contribution in [0.4, 0.5) is 13.2 Å². The number of halogens is 3. The van der Waals surface area contributed by atoms with Gasteiger partial charge in [0.1, 0.15) is 11.8 Å². The van der Waals surface area contributed by atoms with Gasteiger partial charge in [-0.1, -0.05) is 0 Å². The zero-order chi connectivity index (χ0) is 13.2. The maximum atomic E-state index is 12.4. The van der Waals surface area contributed by atoms with Gasteiger partial charge in [-0.15, -0.1) is 0 Å². The molecular weight excluding hydrogens is 239 g/mol. The molecule has 0 aliphatic rings. The molecule has 0 bridgehead atoms. The molecule has 0 amide bonds. The summed E-state index contributed by atoms with van der Waals surface area (Å²) in [4.78, 5) is 11.1. The Balaban J connectivity index is 3.20. The zero-order valence-corrected chi connectivity index (χ0v) is 8.78. The highest BCUT2D eigenvalue weighted by molar-refractivity contribution is 5.89. The van der Waals surface area contributed by atoms with Crippen LogP contribution in [-0.4, -0.2) is 24.4 Å². The van der Waals surface area contributed by atoms with E-state index in [4.69, 9.17) is 5.73 Å². The number of phenols is 1. The lowest BCUT2D eigenvalue weighted by Gasteiger charge is -2.17. The molecule has 0 unspecified atom stereocenters. The molecule has 0 radical (unpaired) electrons. The Bertz CT molecular complexity index is 431. The molecule has 94 valence electrons. The second-order valence-corrected chi connectivity index (χ2v) is 3.28. The van der Waals surface area contributed by atoms with Gasteiger partial charge in [-0.3, -0.25) is 0 Å². The summed E-state index contributed by atoms with van der Waals surface area (Å²) in [7, 11) is 1.10. The number of carbonyl (C=O) groups is 1. The fourth-order valence-electron chi connectivity index (χ4n) is 1.22. The van der Waals surface area contributed by atoms with Gasteiger partial charge in [0.05, 0.1) is 12.7 Å². The van der Waals surface area contributed by atoms with Gasteiger partial charge in [-0.2, -0.15) is 13.2 Å². The topological polar surface area (TPSA) is 72.5 Å². The summed E-state index contributed by atoms with van der Waals surface area (Å²) in [5.74, 6) is -1.43. The minimum absolute atomic E-state index is 0.111. The summed E-state index contributed by atoms with van der Waals surface area (Å²) in [6.07, 6.45) is -4.70. The first-order valence-corrected chi connectivity index (χ1v) is 4.51. The van der Waals surface area contributed by atoms with Crippen molar-refractivity contribution in [2.75, 3.05) is 7.11 Å². The van der Waals surface area contributed by atoms with Gasteiger partial charge in [0.25, 0.3) is 0 Å². The molecule has 1 rings (SSSR count). The fraction of sp³-hybridized carbons (Fsp3) is 0.300. The van der Waals surface area contributed by atoms with Gasteiger partial charge >= 0.3 is 12.1 Å². The molecule has 0 aliphatic heterocycles. The van der Waals surface area contributed by atoms with E-state index >= 15 is 0 Å². The highest BCUT2D eigenvalue weighted by atomic mass is 19.4. The molecule has 0 saturated carbocycles. The molecule has 0 aromatic heterocycles. The van der Waals surface area contributed by atoms with Crippen molar-refractivity contribution in [2.24, 2.45) is 5.73 Å². The summed E-state index contributed by atoms with van der Waals surface area (Å²) in [5.41, 5.74) is 4.27. The fourth-order valence-corrected chi connectivity index (χ4v) is 1.22. The molecule has 0 spiro atoms. The number of rotatable bonds is 2. The first kappa shape index (κ1) is 13.3. The lowest BCUT2D eigenvalue weighted by Crippen LogP contribution is -2.28. The van der Waals surface area contributed by atoms with Gasteiger partial charge in [0, 0.05) is 5.56 Å². The van der Waals surface area contributed by atoms with Gasteiger partial charge in [0.2, 0.25) is 0 Å². The normalized spacial score (nSPS) is 13.2. The highest BCUT2D eigenvalue weighted by Crippen LogP contribution is 2.35. The van der Waals surface area contributed by atoms with E-state index in [1.54, 1.807) is 0 Å². The van der Waals surface area contributed by atoms with E-state index in [9.17, 15) is 23.1 Å². The van der Waals surface area contributed by atoms with E-state index in [1.165, 1.54) is 0 Å². The van der Waals surface area contributed by atoms with Crippen molar-refractivity contribution in [3.8, 4) is 5.75 Å². The average molecular weight is 249 g/mol. The van der Waals surface area contributed by atoms with Gasteiger partial charge in [-0.05, 0) is 18.2 Å². The van der Waals surface area contributed by atoms with Crippen LogP contribution >= 0.6 is 0 Å². The minimum Gasteiger partial charge on any atom is -0.508 e. The van der Waals surface area contributed by atoms with Crippen LogP contribution in [0.2, 0.25) is 0 Å². The average Bonchev–Trinajstić information content (AvgIpc) is 2.26. The van der Waals surface area contributed by atoms with Crippen LogP contribution in [0.15, 0.2) is 18.2 Å². The molecule has 4 nitrogen and oxygen atoms in total. The van der Waals surface area contributed by atoms with Crippen LogP contribution in [-0.2, 0) is 4.74 Å². The summed E-state index contributed by atoms with van der Waals surface area (Å²) in [5, 5.41) is 9.29. The molecule has 3 N–H and O–H groups in total. The Morgan fingerprint density at radius 3 is 2.53 bits per heavy atom. The Morgan fingerprint density at radius 2 is 2.06 bits per heavy atom. The predicted octanol–water partition coefficient (Wildman–Crippen LogP) is 1.74. The molecule has 0 aliphatic carbocycles. The van der Waals surface area contributed by atoms with Crippen LogP contribution < -0.4 is 5.73 Å². The van der Waals surface area contributed by atoms with E-state index in [0.29, 0.717) is 0 Å². The maximum Gasteiger partial charge on any atom is 0.407 e. The van der Waals surface area contributed by atoms with Crippen molar-refractivity contribution in [2.45, 2.75) is 12.2 Å². The Morgan fingerprint density at radius 1 is 1.47 bits per heavy atom. The molecule has 1 atom stereocenters. The van der Waals surface area contributed by atoms with Gasteiger partial charge in [0.15, 0.2) is 0 Å². The number of carbonyl (C=O) groups excluding carboxylic acids is 1. The van der Waals surface area contributed by atoms with E-state index in [-0.39, 0.29) is 5.56 Å². The SMILES string of the molecule is COC(=O)c1ccc(O)c([C@@H](N)C(F)(F)F)c1. The lowest BCUT2D eigenvalue weighted by molar-refractivity contribution is -0.149. The van der Waals surface area contributed by atoms with Gasteiger partial charge in [-0.25, -0.2) is 4.79 Å². The van der Waals surface area contributed by atoms with Crippen molar-refractivity contribution in [1.29, 1.82) is 0 Å². The lowest BCUT2D eigenvalue weighted by atomic mass is 10.0. The van der Waals surface area contributed by atoms with Crippen LogP contribution in [0.1, 0.15) is 22.0 Å². The zero-order valence-electron chi connectivity index (χ0n) is 8.78. The molecule has 17 heavy (non-hydrogen) atoms. The summed E-state index contributed by atoms with van der Waals surface area (Å²) < 4.78 is 41.5. The molecule has 0 heterocycles. The van der Waals surface area contributed by atoms with E-state index in [2.05, 4.69) is 4.74 Å². The van der Waals surface area contributed by atoms with E-state index < -0.39 is 29.5 Å². The first-order valence-electron chi connectivity index (χ1n) is 4.51. The first-order chi connectivity index (χ1) is 7.77. The number of benzene rings is 1. The molecule has 0 saturated heterocycles. The number of ether oxygens (including phenoxy) is 1. The monoisotopic (exact) mass is 249 g/mol.